The quantitative estimate of drug-likeness (QED) is 0.676. The van der Waals surface area contributed by atoms with Gasteiger partial charge in [0.2, 0.25) is 0 Å². The summed E-state index contributed by atoms with van der Waals surface area (Å²) in [4.78, 5) is 4.28. The highest BCUT2D eigenvalue weighted by atomic mass is 35.5. The summed E-state index contributed by atoms with van der Waals surface area (Å²) in [5.74, 6) is 0.750. The van der Waals surface area contributed by atoms with Crippen LogP contribution in [0.25, 0.3) is 5.65 Å². The molecule has 2 heterocycles. The number of pyridine rings is 1. The summed E-state index contributed by atoms with van der Waals surface area (Å²) in [5, 5.41) is 4.92. The Hall–Kier alpha value is -1.09. The zero-order valence-corrected chi connectivity index (χ0v) is 9.26. The van der Waals surface area contributed by atoms with Gasteiger partial charge < -0.3 is 0 Å². The minimum atomic E-state index is 0.683. The van der Waals surface area contributed by atoms with Crippen LogP contribution in [0.2, 0.25) is 5.15 Å². The highest BCUT2D eigenvalue weighted by Crippen LogP contribution is 2.21. The van der Waals surface area contributed by atoms with Crippen LogP contribution in [-0.2, 0) is 6.42 Å². The summed E-state index contributed by atoms with van der Waals surface area (Å²) in [7, 11) is 0. The number of aromatic nitrogens is 3. The van der Waals surface area contributed by atoms with Crippen molar-refractivity contribution in [3.8, 4) is 0 Å². The summed E-state index contributed by atoms with van der Waals surface area (Å²) < 4.78 is 1.70. The number of nitrogens with zero attached hydrogens (tertiary/aromatic N) is 3. The lowest BCUT2D eigenvalue weighted by Crippen LogP contribution is -1.98. The first-order valence-electron chi connectivity index (χ1n) is 4.65. The molecule has 0 amide bonds. The van der Waals surface area contributed by atoms with Crippen molar-refractivity contribution in [2.24, 2.45) is 0 Å². The number of rotatable bonds is 1. The Labute approximate surface area is 87.7 Å². The van der Waals surface area contributed by atoms with Gasteiger partial charge >= 0.3 is 0 Å². The van der Waals surface area contributed by atoms with Crippen LogP contribution in [0.1, 0.15) is 23.9 Å². The average molecular weight is 210 g/mol. The number of aryl methyl sites for hydroxylation is 2. The number of fused-ring (bicyclic) bond motifs is 1. The largest absolute Gasteiger partial charge is 0.212 e. The highest BCUT2D eigenvalue weighted by molar-refractivity contribution is 6.30. The standard InChI is InChI=1S/C10H12ClN3/c1-4-8-6(2)5-9-12-7(3)13-14(9)10(8)11/h5H,4H2,1-3H3. The zero-order valence-electron chi connectivity index (χ0n) is 8.50. The zero-order chi connectivity index (χ0) is 10.3. The molecule has 0 radical (unpaired) electrons. The fourth-order valence-corrected chi connectivity index (χ4v) is 2.07. The molecule has 0 atom stereocenters. The summed E-state index contributed by atoms with van der Waals surface area (Å²) in [6, 6.07) is 2.02. The molecule has 74 valence electrons. The van der Waals surface area contributed by atoms with Crippen molar-refractivity contribution in [3.63, 3.8) is 0 Å². The minimum absolute atomic E-state index is 0.683. The highest BCUT2D eigenvalue weighted by Gasteiger charge is 2.10. The van der Waals surface area contributed by atoms with E-state index in [1.165, 1.54) is 5.56 Å². The molecule has 14 heavy (non-hydrogen) atoms. The molecular formula is C10H12ClN3. The third-order valence-electron chi connectivity index (χ3n) is 2.35. The average Bonchev–Trinajstić information content (AvgIpc) is 2.47. The first-order chi connectivity index (χ1) is 6.63. The maximum Gasteiger partial charge on any atom is 0.157 e. The second kappa shape index (κ2) is 3.24. The SMILES string of the molecule is CCc1c(C)cc2nc(C)nn2c1Cl. The van der Waals surface area contributed by atoms with Crippen LogP contribution in [-0.4, -0.2) is 14.6 Å². The van der Waals surface area contributed by atoms with Crippen molar-refractivity contribution in [2.45, 2.75) is 27.2 Å². The van der Waals surface area contributed by atoms with E-state index in [1.54, 1.807) is 4.52 Å². The first-order valence-corrected chi connectivity index (χ1v) is 5.02. The molecule has 2 aromatic heterocycles. The summed E-state index contributed by atoms with van der Waals surface area (Å²) in [6.07, 6.45) is 0.916. The number of halogens is 1. The van der Waals surface area contributed by atoms with Gasteiger partial charge in [-0.2, -0.15) is 5.10 Å². The molecule has 3 nitrogen and oxygen atoms in total. The number of hydrogen-bond donors (Lipinski definition) is 0. The monoisotopic (exact) mass is 209 g/mol. The van der Waals surface area contributed by atoms with E-state index in [-0.39, 0.29) is 0 Å². The van der Waals surface area contributed by atoms with E-state index in [1.807, 2.05) is 13.0 Å². The lowest BCUT2D eigenvalue weighted by Gasteiger charge is -2.06. The van der Waals surface area contributed by atoms with E-state index < -0.39 is 0 Å². The smallest absolute Gasteiger partial charge is 0.157 e. The molecule has 0 saturated heterocycles. The van der Waals surface area contributed by atoms with Crippen LogP contribution >= 0.6 is 11.6 Å². The van der Waals surface area contributed by atoms with Gasteiger partial charge in [-0.25, -0.2) is 9.50 Å². The fraction of sp³-hybridized carbons (Fsp3) is 0.400. The van der Waals surface area contributed by atoms with Gasteiger partial charge in [0.05, 0.1) is 0 Å². The summed E-state index contributed by atoms with van der Waals surface area (Å²) in [5.41, 5.74) is 3.14. The van der Waals surface area contributed by atoms with Crippen LogP contribution in [0, 0.1) is 13.8 Å². The second-order valence-electron chi connectivity index (χ2n) is 3.38. The maximum absolute atomic E-state index is 6.22. The van der Waals surface area contributed by atoms with Crippen LogP contribution in [0.4, 0.5) is 0 Å². The Morgan fingerprint density at radius 1 is 1.43 bits per heavy atom. The van der Waals surface area contributed by atoms with Gasteiger partial charge in [0.1, 0.15) is 11.0 Å². The van der Waals surface area contributed by atoms with Crippen molar-refractivity contribution in [3.05, 3.63) is 28.2 Å². The van der Waals surface area contributed by atoms with Gasteiger partial charge in [-0.3, -0.25) is 0 Å². The van der Waals surface area contributed by atoms with Crippen molar-refractivity contribution in [1.82, 2.24) is 14.6 Å². The molecule has 2 rings (SSSR count). The Kier molecular flexibility index (Phi) is 2.19. The van der Waals surface area contributed by atoms with Gasteiger partial charge in [-0.05, 0) is 37.5 Å². The van der Waals surface area contributed by atoms with E-state index in [4.69, 9.17) is 11.6 Å². The van der Waals surface area contributed by atoms with E-state index in [0.717, 1.165) is 23.5 Å². The molecule has 0 saturated carbocycles. The Morgan fingerprint density at radius 2 is 2.14 bits per heavy atom. The maximum atomic E-state index is 6.22. The van der Waals surface area contributed by atoms with Gasteiger partial charge in [0.25, 0.3) is 0 Å². The minimum Gasteiger partial charge on any atom is -0.212 e. The molecule has 0 unspecified atom stereocenters. The van der Waals surface area contributed by atoms with Crippen LogP contribution < -0.4 is 0 Å². The summed E-state index contributed by atoms with van der Waals surface area (Å²) >= 11 is 6.22. The predicted octanol–water partition coefficient (Wildman–Crippen LogP) is 2.56. The van der Waals surface area contributed by atoms with Crippen LogP contribution in [0.15, 0.2) is 6.07 Å². The molecular weight excluding hydrogens is 198 g/mol. The molecule has 0 spiro atoms. The van der Waals surface area contributed by atoms with Gasteiger partial charge in [0.15, 0.2) is 5.65 Å². The topological polar surface area (TPSA) is 30.2 Å². The summed E-state index contributed by atoms with van der Waals surface area (Å²) in [6.45, 7) is 6.00. The molecule has 0 N–H and O–H groups in total. The van der Waals surface area contributed by atoms with E-state index in [9.17, 15) is 0 Å². The first kappa shape index (κ1) is 9.46. The Morgan fingerprint density at radius 3 is 2.79 bits per heavy atom. The molecule has 0 aliphatic rings. The van der Waals surface area contributed by atoms with Crippen molar-refractivity contribution >= 4 is 17.2 Å². The van der Waals surface area contributed by atoms with Crippen LogP contribution in [0.5, 0.6) is 0 Å². The fourth-order valence-electron chi connectivity index (χ4n) is 1.67. The Balaban J connectivity index is 2.84. The molecule has 0 bridgehead atoms. The number of hydrogen-bond acceptors (Lipinski definition) is 2. The van der Waals surface area contributed by atoms with E-state index in [0.29, 0.717) is 5.15 Å². The normalized spacial score (nSPS) is 11.1. The molecule has 0 fully saturated rings. The molecule has 0 aliphatic heterocycles. The van der Waals surface area contributed by atoms with E-state index >= 15 is 0 Å². The van der Waals surface area contributed by atoms with Crippen molar-refractivity contribution in [1.29, 1.82) is 0 Å². The third-order valence-corrected chi connectivity index (χ3v) is 2.74. The molecule has 0 aromatic carbocycles. The van der Waals surface area contributed by atoms with Gasteiger partial charge in [0, 0.05) is 0 Å². The van der Waals surface area contributed by atoms with Crippen molar-refractivity contribution < 1.29 is 0 Å². The predicted molar refractivity (Wildman–Crippen MR) is 56.8 cm³/mol. The van der Waals surface area contributed by atoms with E-state index in [2.05, 4.69) is 23.9 Å². The molecule has 2 aromatic rings. The lowest BCUT2D eigenvalue weighted by molar-refractivity contribution is 0.907. The molecule has 4 heteroatoms. The lowest BCUT2D eigenvalue weighted by atomic mass is 10.1. The van der Waals surface area contributed by atoms with Gasteiger partial charge in [-0.1, -0.05) is 18.5 Å². The molecule has 0 aliphatic carbocycles. The van der Waals surface area contributed by atoms with Crippen molar-refractivity contribution in [2.75, 3.05) is 0 Å². The second-order valence-corrected chi connectivity index (χ2v) is 3.74. The Bertz CT molecular complexity index is 488. The van der Waals surface area contributed by atoms with Gasteiger partial charge in [-0.15, -0.1) is 0 Å². The third kappa shape index (κ3) is 1.28. The van der Waals surface area contributed by atoms with Crippen LogP contribution in [0.3, 0.4) is 0 Å².